The zero-order valence-corrected chi connectivity index (χ0v) is 11.2. The van der Waals surface area contributed by atoms with Crippen molar-refractivity contribution >= 4 is 16.7 Å². The van der Waals surface area contributed by atoms with E-state index in [-0.39, 0.29) is 5.91 Å². The molecule has 4 heteroatoms. The lowest BCUT2D eigenvalue weighted by Gasteiger charge is -2.13. The number of likely N-dealkylation sites (N-methyl/N-ethyl adjacent to an activating group) is 1. The third-order valence-corrected chi connectivity index (χ3v) is 3.02. The molecule has 1 amide bonds. The van der Waals surface area contributed by atoms with Gasteiger partial charge in [0.05, 0.1) is 13.7 Å². The second kappa shape index (κ2) is 6.20. The van der Waals surface area contributed by atoms with Crippen LogP contribution in [0.5, 0.6) is 5.75 Å². The lowest BCUT2D eigenvalue weighted by molar-refractivity contribution is -0.120. The van der Waals surface area contributed by atoms with E-state index >= 15 is 0 Å². The minimum Gasteiger partial charge on any atom is -0.496 e. The van der Waals surface area contributed by atoms with E-state index in [0.29, 0.717) is 13.1 Å². The van der Waals surface area contributed by atoms with Crippen molar-refractivity contribution in [3.63, 3.8) is 0 Å². The predicted molar refractivity (Wildman–Crippen MR) is 76.3 cm³/mol. The Hall–Kier alpha value is -2.07. The number of hydrogen-bond acceptors (Lipinski definition) is 3. The van der Waals surface area contributed by atoms with Crippen LogP contribution in [-0.4, -0.2) is 26.6 Å². The summed E-state index contributed by atoms with van der Waals surface area (Å²) in [7, 11) is 3.39. The van der Waals surface area contributed by atoms with Gasteiger partial charge < -0.3 is 15.4 Å². The number of carbonyl (C=O) groups is 1. The van der Waals surface area contributed by atoms with Crippen molar-refractivity contribution in [2.24, 2.45) is 0 Å². The molecule has 2 aromatic carbocycles. The average molecular weight is 258 g/mol. The number of amides is 1. The highest BCUT2D eigenvalue weighted by Crippen LogP contribution is 2.27. The van der Waals surface area contributed by atoms with E-state index in [1.165, 1.54) is 0 Å². The number of rotatable bonds is 5. The van der Waals surface area contributed by atoms with Crippen LogP contribution in [0.2, 0.25) is 0 Å². The smallest absolute Gasteiger partial charge is 0.234 e. The minimum atomic E-state index is -0.0301. The van der Waals surface area contributed by atoms with Crippen molar-refractivity contribution in [1.82, 2.24) is 10.6 Å². The van der Waals surface area contributed by atoms with Crippen LogP contribution in [0, 0.1) is 0 Å². The largest absolute Gasteiger partial charge is 0.496 e. The van der Waals surface area contributed by atoms with E-state index in [0.717, 1.165) is 22.1 Å². The molecule has 0 saturated heterocycles. The van der Waals surface area contributed by atoms with Crippen LogP contribution in [0.25, 0.3) is 10.8 Å². The van der Waals surface area contributed by atoms with Crippen molar-refractivity contribution < 1.29 is 9.53 Å². The first-order valence-corrected chi connectivity index (χ1v) is 6.22. The first-order valence-electron chi connectivity index (χ1n) is 6.22. The molecule has 0 atom stereocenters. The first-order chi connectivity index (χ1) is 9.26. The monoisotopic (exact) mass is 258 g/mol. The SMILES string of the molecule is CNCC(=O)NCc1c(OC)ccc2ccccc12. The van der Waals surface area contributed by atoms with Gasteiger partial charge in [-0.1, -0.05) is 30.3 Å². The Morgan fingerprint density at radius 2 is 2.00 bits per heavy atom. The molecule has 2 rings (SSSR count). The van der Waals surface area contributed by atoms with E-state index in [1.54, 1.807) is 14.2 Å². The lowest BCUT2D eigenvalue weighted by atomic mass is 10.0. The molecule has 0 aliphatic carbocycles. The van der Waals surface area contributed by atoms with Crippen molar-refractivity contribution in [3.05, 3.63) is 42.0 Å². The van der Waals surface area contributed by atoms with E-state index in [4.69, 9.17) is 4.74 Å². The second-order valence-electron chi connectivity index (χ2n) is 4.27. The van der Waals surface area contributed by atoms with Gasteiger partial charge >= 0.3 is 0 Å². The van der Waals surface area contributed by atoms with Gasteiger partial charge in [-0.05, 0) is 23.9 Å². The number of hydrogen-bond donors (Lipinski definition) is 2. The Kier molecular flexibility index (Phi) is 4.36. The van der Waals surface area contributed by atoms with Gasteiger partial charge in [-0.15, -0.1) is 0 Å². The number of ether oxygens (including phenoxy) is 1. The molecule has 2 aromatic rings. The number of carbonyl (C=O) groups excluding carboxylic acids is 1. The molecule has 0 fully saturated rings. The third-order valence-electron chi connectivity index (χ3n) is 3.02. The highest BCUT2D eigenvalue weighted by Gasteiger charge is 2.09. The summed E-state index contributed by atoms with van der Waals surface area (Å²) < 4.78 is 5.38. The topological polar surface area (TPSA) is 50.4 Å². The maximum atomic E-state index is 11.5. The zero-order valence-electron chi connectivity index (χ0n) is 11.2. The summed E-state index contributed by atoms with van der Waals surface area (Å²) in [5.74, 6) is 0.765. The maximum Gasteiger partial charge on any atom is 0.234 e. The number of methoxy groups -OCH3 is 1. The molecule has 4 nitrogen and oxygen atoms in total. The molecule has 2 N–H and O–H groups in total. The van der Waals surface area contributed by atoms with Crippen LogP contribution in [0.3, 0.4) is 0 Å². The first kappa shape index (κ1) is 13.4. The van der Waals surface area contributed by atoms with Crippen LogP contribution >= 0.6 is 0 Å². The van der Waals surface area contributed by atoms with E-state index in [2.05, 4.69) is 10.6 Å². The van der Waals surface area contributed by atoms with Gasteiger partial charge in [-0.3, -0.25) is 4.79 Å². The molecule has 0 aliphatic heterocycles. The molecule has 0 heterocycles. The van der Waals surface area contributed by atoms with Crippen LogP contribution in [0.4, 0.5) is 0 Å². The Morgan fingerprint density at radius 3 is 2.74 bits per heavy atom. The Labute approximate surface area is 112 Å². The maximum absolute atomic E-state index is 11.5. The normalized spacial score (nSPS) is 10.4. The lowest BCUT2D eigenvalue weighted by Crippen LogP contribution is -2.31. The van der Waals surface area contributed by atoms with Crippen molar-refractivity contribution in [2.75, 3.05) is 20.7 Å². The molecule has 0 unspecified atom stereocenters. The highest BCUT2D eigenvalue weighted by molar-refractivity contribution is 5.88. The summed E-state index contributed by atoms with van der Waals surface area (Å²) >= 11 is 0. The number of nitrogens with one attached hydrogen (secondary N) is 2. The van der Waals surface area contributed by atoms with Crippen molar-refractivity contribution in [3.8, 4) is 5.75 Å². The molecule has 0 spiro atoms. The van der Waals surface area contributed by atoms with Crippen molar-refractivity contribution in [1.29, 1.82) is 0 Å². The van der Waals surface area contributed by atoms with E-state index in [1.807, 2.05) is 36.4 Å². The molecule has 0 aliphatic rings. The molecule has 100 valence electrons. The van der Waals surface area contributed by atoms with Crippen LogP contribution < -0.4 is 15.4 Å². The number of fused-ring (bicyclic) bond motifs is 1. The molecular weight excluding hydrogens is 240 g/mol. The van der Waals surface area contributed by atoms with Gasteiger partial charge in [0.2, 0.25) is 5.91 Å². The molecule has 0 saturated carbocycles. The molecule has 19 heavy (non-hydrogen) atoms. The van der Waals surface area contributed by atoms with Gasteiger partial charge in [0.15, 0.2) is 0 Å². The molecular formula is C15H18N2O2. The number of benzene rings is 2. The summed E-state index contributed by atoms with van der Waals surface area (Å²) in [6.45, 7) is 0.776. The summed E-state index contributed by atoms with van der Waals surface area (Å²) in [4.78, 5) is 11.5. The van der Waals surface area contributed by atoms with Crippen LogP contribution in [0.1, 0.15) is 5.56 Å². The average Bonchev–Trinajstić information content (AvgIpc) is 2.44. The van der Waals surface area contributed by atoms with Gasteiger partial charge in [-0.25, -0.2) is 0 Å². The summed E-state index contributed by atoms with van der Waals surface area (Å²) in [5, 5.41) is 7.95. The van der Waals surface area contributed by atoms with Crippen LogP contribution in [0.15, 0.2) is 36.4 Å². The van der Waals surface area contributed by atoms with Crippen LogP contribution in [-0.2, 0) is 11.3 Å². The van der Waals surface area contributed by atoms with Gasteiger partial charge in [-0.2, -0.15) is 0 Å². The standard InChI is InChI=1S/C15H18N2O2/c1-16-10-15(18)17-9-13-12-6-4-3-5-11(12)7-8-14(13)19-2/h3-8,16H,9-10H2,1-2H3,(H,17,18). The molecule has 0 aromatic heterocycles. The highest BCUT2D eigenvalue weighted by atomic mass is 16.5. The third kappa shape index (κ3) is 3.03. The summed E-state index contributed by atoms with van der Waals surface area (Å²) in [6, 6.07) is 12.0. The fraction of sp³-hybridized carbons (Fsp3) is 0.267. The van der Waals surface area contributed by atoms with Gasteiger partial charge in [0, 0.05) is 12.1 Å². The predicted octanol–water partition coefficient (Wildman–Crippen LogP) is 1.68. The van der Waals surface area contributed by atoms with Gasteiger partial charge in [0.25, 0.3) is 0 Å². The van der Waals surface area contributed by atoms with Gasteiger partial charge in [0.1, 0.15) is 5.75 Å². The Morgan fingerprint density at radius 1 is 1.21 bits per heavy atom. The molecule has 0 radical (unpaired) electrons. The Bertz CT molecular complexity index is 581. The van der Waals surface area contributed by atoms with E-state index in [9.17, 15) is 4.79 Å². The quantitative estimate of drug-likeness (QED) is 0.858. The fourth-order valence-corrected chi connectivity index (χ4v) is 2.10. The fourth-order valence-electron chi connectivity index (χ4n) is 2.10. The second-order valence-corrected chi connectivity index (χ2v) is 4.27. The summed E-state index contributed by atoms with van der Waals surface area (Å²) in [6.07, 6.45) is 0. The molecule has 0 bridgehead atoms. The zero-order chi connectivity index (χ0) is 13.7. The minimum absolute atomic E-state index is 0.0301. The van der Waals surface area contributed by atoms with Crippen molar-refractivity contribution in [2.45, 2.75) is 6.54 Å². The van der Waals surface area contributed by atoms with E-state index < -0.39 is 0 Å². The Balaban J connectivity index is 2.31. The summed E-state index contributed by atoms with van der Waals surface area (Å²) in [5.41, 5.74) is 1.00.